The number of aryl methyl sites for hydroxylation is 1. The van der Waals surface area contributed by atoms with Gasteiger partial charge in [0, 0.05) is 18.0 Å². The van der Waals surface area contributed by atoms with Crippen molar-refractivity contribution in [1.29, 1.82) is 0 Å². The molecule has 3 heterocycles. The summed E-state index contributed by atoms with van der Waals surface area (Å²) in [6.07, 6.45) is 1.23. The van der Waals surface area contributed by atoms with E-state index in [0.717, 1.165) is 35.0 Å². The smallest absolute Gasteiger partial charge is 0.240 e. The van der Waals surface area contributed by atoms with Gasteiger partial charge in [0.15, 0.2) is 0 Å². The predicted molar refractivity (Wildman–Crippen MR) is 85.1 cm³/mol. The van der Waals surface area contributed by atoms with Crippen LogP contribution in [0.15, 0.2) is 6.07 Å². The molecule has 2 aromatic rings. The van der Waals surface area contributed by atoms with Gasteiger partial charge in [-0.25, -0.2) is 10.8 Å². The molecule has 3 N–H and O–H groups in total. The SMILES string of the molecule is Cc1cc2c(N3CCC(C(C)C)C3)nc(NN)nc2s1. The number of nitrogens with one attached hydrogen (secondary N) is 1. The Bertz CT molecular complexity index is 621. The lowest BCUT2D eigenvalue weighted by Crippen LogP contribution is -2.23. The molecule has 108 valence electrons. The minimum absolute atomic E-state index is 0.502. The Morgan fingerprint density at radius 2 is 2.25 bits per heavy atom. The van der Waals surface area contributed by atoms with E-state index in [1.807, 2.05) is 0 Å². The molecular weight excluding hydrogens is 270 g/mol. The van der Waals surface area contributed by atoms with E-state index in [4.69, 9.17) is 5.84 Å². The van der Waals surface area contributed by atoms with E-state index >= 15 is 0 Å². The fourth-order valence-corrected chi connectivity index (χ4v) is 3.73. The number of nitrogens with zero attached hydrogens (tertiary/aromatic N) is 3. The highest BCUT2D eigenvalue weighted by molar-refractivity contribution is 7.18. The molecule has 1 fully saturated rings. The van der Waals surface area contributed by atoms with Crippen LogP contribution >= 0.6 is 11.3 Å². The van der Waals surface area contributed by atoms with Gasteiger partial charge < -0.3 is 4.90 Å². The molecule has 20 heavy (non-hydrogen) atoms. The first kappa shape index (κ1) is 13.6. The predicted octanol–water partition coefficient (Wildman–Crippen LogP) is 2.77. The van der Waals surface area contributed by atoms with Gasteiger partial charge in [-0.3, -0.25) is 5.43 Å². The molecule has 0 spiro atoms. The quantitative estimate of drug-likeness (QED) is 0.672. The van der Waals surface area contributed by atoms with Crippen molar-refractivity contribution in [3.8, 4) is 0 Å². The first-order valence-corrected chi connectivity index (χ1v) is 7.90. The summed E-state index contributed by atoms with van der Waals surface area (Å²) >= 11 is 1.69. The summed E-state index contributed by atoms with van der Waals surface area (Å²) in [6, 6.07) is 2.18. The number of thiophene rings is 1. The molecule has 3 rings (SSSR count). The Morgan fingerprint density at radius 3 is 2.90 bits per heavy atom. The number of hydrogen-bond acceptors (Lipinski definition) is 6. The molecule has 0 bridgehead atoms. The molecule has 1 aliphatic rings. The van der Waals surface area contributed by atoms with Gasteiger partial charge in [0.1, 0.15) is 10.6 Å². The zero-order chi connectivity index (χ0) is 14.3. The zero-order valence-corrected chi connectivity index (χ0v) is 13.0. The Hall–Kier alpha value is -1.40. The van der Waals surface area contributed by atoms with Crippen LogP contribution in [0.4, 0.5) is 11.8 Å². The summed E-state index contributed by atoms with van der Waals surface area (Å²) in [5.74, 6) is 8.49. The van der Waals surface area contributed by atoms with Crippen molar-refractivity contribution >= 4 is 33.3 Å². The third-order valence-corrected chi connectivity index (χ3v) is 5.04. The second-order valence-corrected chi connectivity index (χ2v) is 7.06. The maximum atomic E-state index is 5.50. The van der Waals surface area contributed by atoms with E-state index in [-0.39, 0.29) is 0 Å². The molecule has 5 nitrogen and oxygen atoms in total. The lowest BCUT2D eigenvalue weighted by molar-refractivity contribution is 0.422. The van der Waals surface area contributed by atoms with Gasteiger partial charge in [0.25, 0.3) is 0 Å². The maximum Gasteiger partial charge on any atom is 0.240 e. The first-order chi connectivity index (χ1) is 9.58. The third kappa shape index (κ3) is 2.33. The van der Waals surface area contributed by atoms with Crippen molar-refractivity contribution in [2.75, 3.05) is 23.4 Å². The molecule has 1 atom stereocenters. The van der Waals surface area contributed by atoms with E-state index in [1.165, 1.54) is 11.3 Å². The molecule has 2 aromatic heterocycles. The minimum atomic E-state index is 0.502. The van der Waals surface area contributed by atoms with Crippen LogP contribution in [-0.2, 0) is 0 Å². The molecule has 0 radical (unpaired) electrons. The highest BCUT2D eigenvalue weighted by Crippen LogP contribution is 2.35. The fourth-order valence-electron chi connectivity index (χ4n) is 2.86. The van der Waals surface area contributed by atoms with Crippen LogP contribution in [0.2, 0.25) is 0 Å². The summed E-state index contributed by atoms with van der Waals surface area (Å²) in [7, 11) is 0. The van der Waals surface area contributed by atoms with Crippen LogP contribution in [0.3, 0.4) is 0 Å². The Labute approximate surface area is 123 Å². The summed E-state index contributed by atoms with van der Waals surface area (Å²) in [4.78, 5) is 13.7. The van der Waals surface area contributed by atoms with Crippen molar-refractivity contribution in [2.24, 2.45) is 17.7 Å². The normalized spacial score (nSPS) is 19.2. The average molecular weight is 291 g/mol. The molecule has 0 saturated carbocycles. The fraction of sp³-hybridized carbons (Fsp3) is 0.571. The lowest BCUT2D eigenvalue weighted by atomic mass is 9.95. The molecule has 0 aromatic carbocycles. The van der Waals surface area contributed by atoms with Gasteiger partial charge >= 0.3 is 0 Å². The van der Waals surface area contributed by atoms with Gasteiger partial charge in [-0.2, -0.15) is 4.98 Å². The molecule has 1 aliphatic heterocycles. The maximum absolute atomic E-state index is 5.50. The lowest BCUT2D eigenvalue weighted by Gasteiger charge is -2.20. The van der Waals surface area contributed by atoms with Crippen molar-refractivity contribution in [1.82, 2.24) is 9.97 Å². The van der Waals surface area contributed by atoms with Crippen LogP contribution in [0.25, 0.3) is 10.2 Å². The summed E-state index contributed by atoms with van der Waals surface area (Å²) in [5, 5.41) is 1.15. The highest BCUT2D eigenvalue weighted by Gasteiger charge is 2.27. The Morgan fingerprint density at radius 1 is 1.45 bits per heavy atom. The van der Waals surface area contributed by atoms with Crippen molar-refractivity contribution in [3.05, 3.63) is 10.9 Å². The van der Waals surface area contributed by atoms with E-state index in [2.05, 4.69) is 47.1 Å². The number of anilines is 2. The molecular formula is C14H21N5S. The average Bonchev–Trinajstić information content (AvgIpc) is 3.02. The van der Waals surface area contributed by atoms with Gasteiger partial charge in [0.2, 0.25) is 5.95 Å². The Kier molecular flexibility index (Phi) is 3.52. The van der Waals surface area contributed by atoms with E-state index in [0.29, 0.717) is 11.9 Å². The van der Waals surface area contributed by atoms with Crippen molar-refractivity contribution < 1.29 is 0 Å². The van der Waals surface area contributed by atoms with Gasteiger partial charge in [-0.1, -0.05) is 13.8 Å². The topological polar surface area (TPSA) is 67.1 Å². The zero-order valence-electron chi connectivity index (χ0n) is 12.2. The van der Waals surface area contributed by atoms with Gasteiger partial charge in [-0.15, -0.1) is 11.3 Å². The van der Waals surface area contributed by atoms with Crippen LogP contribution in [0.1, 0.15) is 25.1 Å². The third-order valence-electron chi connectivity index (χ3n) is 4.09. The van der Waals surface area contributed by atoms with Gasteiger partial charge in [-0.05, 0) is 31.2 Å². The highest BCUT2D eigenvalue weighted by atomic mass is 32.1. The van der Waals surface area contributed by atoms with Crippen LogP contribution < -0.4 is 16.2 Å². The number of fused-ring (bicyclic) bond motifs is 1. The number of nitrogen functional groups attached to an aromatic ring is 1. The van der Waals surface area contributed by atoms with Crippen LogP contribution in [0.5, 0.6) is 0 Å². The summed E-state index contributed by atoms with van der Waals surface area (Å²) in [6.45, 7) is 8.83. The molecule has 0 aliphatic carbocycles. The van der Waals surface area contributed by atoms with Crippen molar-refractivity contribution in [2.45, 2.75) is 27.2 Å². The number of hydrogen-bond donors (Lipinski definition) is 2. The number of aromatic nitrogens is 2. The van der Waals surface area contributed by atoms with E-state index in [1.54, 1.807) is 11.3 Å². The molecule has 0 amide bonds. The minimum Gasteiger partial charge on any atom is -0.356 e. The monoisotopic (exact) mass is 291 g/mol. The standard InChI is InChI=1S/C14H21N5S/c1-8(2)10-4-5-19(7-10)12-11-6-9(3)20-13(11)17-14(16-12)18-15/h6,8,10H,4-5,7,15H2,1-3H3,(H,16,17,18). The van der Waals surface area contributed by atoms with Crippen LogP contribution in [0, 0.1) is 18.8 Å². The first-order valence-electron chi connectivity index (χ1n) is 7.08. The summed E-state index contributed by atoms with van der Waals surface area (Å²) in [5.41, 5.74) is 2.58. The van der Waals surface area contributed by atoms with E-state index < -0.39 is 0 Å². The van der Waals surface area contributed by atoms with Crippen molar-refractivity contribution in [3.63, 3.8) is 0 Å². The van der Waals surface area contributed by atoms with Crippen LogP contribution in [-0.4, -0.2) is 23.1 Å². The largest absolute Gasteiger partial charge is 0.356 e. The molecule has 1 saturated heterocycles. The number of nitrogens with two attached hydrogens (primary N) is 1. The Balaban J connectivity index is 2.02. The number of rotatable bonds is 3. The number of hydrazine groups is 1. The molecule has 6 heteroatoms. The second kappa shape index (κ2) is 5.18. The summed E-state index contributed by atoms with van der Waals surface area (Å²) < 4.78 is 0. The van der Waals surface area contributed by atoms with E-state index in [9.17, 15) is 0 Å². The molecule has 1 unspecified atom stereocenters. The second-order valence-electron chi connectivity index (χ2n) is 5.83. The van der Waals surface area contributed by atoms with Gasteiger partial charge in [0.05, 0.1) is 5.39 Å².